The van der Waals surface area contributed by atoms with Gasteiger partial charge in [-0.3, -0.25) is 0 Å². The second kappa shape index (κ2) is 8.25. The van der Waals surface area contributed by atoms with Gasteiger partial charge in [-0.15, -0.1) is 0 Å². The molecule has 0 bridgehead atoms. The Morgan fingerprint density at radius 1 is 1.33 bits per heavy atom. The number of benzene rings is 1. The smallest absolute Gasteiger partial charge is 0.0208 e. The van der Waals surface area contributed by atoms with E-state index in [-0.39, 0.29) is 0 Å². The van der Waals surface area contributed by atoms with Crippen LogP contribution in [0.1, 0.15) is 37.5 Å². The van der Waals surface area contributed by atoms with Crippen LogP contribution in [0, 0.1) is 6.92 Å². The molecular formula is C14H23N. The molecule has 1 rings (SSSR count). The van der Waals surface area contributed by atoms with E-state index in [2.05, 4.69) is 43.9 Å². The van der Waals surface area contributed by atoms with Crippen LogP contribution in [-0.4, -0.2) is 6.54 Å². The van der Waals surface area contributed by atoms with E-state index in [4.69, 9.17) is 0 Å². The lowest BCUT2D eigenvalue weighted by Crippen LogP contribution is -2.12. The van der Waals surface area contributed by atoms with Gasteiger partial charge in [0.15, 0.2) is 0 Å². The lowest BCUT2D eigenvalue weighted by molar-refractivity contribution is 0.723. The number of hydrogen-bond acceptors (Lipinski definition) is 1. The minimum atomic E-state index is 0.948. The number of nitrogens with one attached hydrogen (secondary N) is 1. The standard InChI is InChI=1S/C12H17N.C2H6/c1-4-11-7-6-8-12(10(11)3)9-13-5-2;1-2/h4,6-8,13H,1,5,9H2,2-3H3;1-2H3. The molecule has 1 aromatic rings. The number of rotatable bonds is 4. The molecule has 0 fully saturated rings. The quantitative estimate of drug-likeness (QED) is 0.789. The summed E-state index contributed by atoms with van der Waals surface area (Å²) in [5, 5.41) is 3.32. The third-order valence-corrected chi connectivity index (χ3v) is 2.27. The van der Waals surface area contributed by atoms with Gasteiger partial charge in [0.25, 0.3) is 0 Å². The maximum Gasteiger partial charge on any atom is 0.0208 e. The zero-order chi connectivity index (χ0) is 11.7. The van der Waals surface area contributed by atoms with Gasteiger partial charge in [0, 0.05) is 6.54 Å². The van der Waals surface area contributed by atoms with Crippen molar-refractivity contribution in [2.45, 2.75) is 34.2 Å². The molecule has 1 nitrogen and oxygen atoms in total. The average molecular weight is 205 g/mol. The van der Waals surface area contributed by atoms with Crippen molar-refractivity contribution in [2.24, 2.45) is 0 Å². The Hall–Kier alpha value is -1.08. The van der Waals surface area contributed by atoms with Crippen molar-refractivity contribution in [1.82, 2.24) is 5.32 Å². The van der Waals surface area contributed by atoms with Crippen LogP contribution in [0.5, 0.6) is 0 Å². The molecule has 0 heterocycles. The molecule has 0 radical (unpaired) electrons. The zero-order valence-electron chi connectivity index (χ0n) is 10.4. The molecule has 0 amide bonds. The third kappa shape index (κ3) is 4.30. The van der Waals surface area contributed by atoms with E-state index in [0.717, 1.165) is 13.1 Å². The highest BCUT2D eigenvalue weighted by atomic mass is 14.8. The second-order valence-corrected chi connectivity index (χ2v) is 3.12. The Bertz CT molecular complexity index is 289. The minimum Gasteiger partial charge on any atom is -0.313 e. The Labute approximate surface area is 94.2 Å². The van der Waals surface area contributed by atoms with Gasteiger partial charge in [-0.05, 0) is 30.2 Å². The van der Waals surface area contributed by atoms with Gasteiger partial charge in [0.1, 0.15) is 0 Å². The molecule has 0 aromatic heterocycles. The maximum atomic E-state index is 3.79. The van der Waals surface area contributed by atoms with Crippen LogP contribution in [0.3, 0.4) is 0 Å². The molecule has 84 valence electrons. The topological polar surface area (TPSA) is 12.0 Å². The molecule has 0 saturated heterocycles. The van der Waals surface area contributed by atoms with Crippen molar-refractivity contribution in [3.63, 3.8) is 0 Å². The zero-order valence-corrected chi connectivity index (χ0v) is 10.4. The van der Waals surface area contributed by atoms with E-state index in [1.165, 1.54) is 16.7 Å². The van der Waals surface area contributed by atoms with Gasteiger partial charge in [-0.1, -0.05) is 51.6 Å². The van der Waals surface area contributed by atoms with Crippen molar-refractivity contribution >= 4 is 6.08 Å². The Morgan fingerprint density at radius 3 is 2.53 bits per heavy atom. The predicted molar refractivity (Wildman–Crippen MR) is 70.0 cm³/mol. The van der Waals surface area contributed by atoms with Gasteiger partial charge in [-0.2, -0.15) is 0 Å². The van der Waals surface area contributed by atoms with Crippen molar-refractivity contribution in [2.75, 3.05) is 6.54 Å². The lowest BCUT2D eigenvalue weighted by atomic mass is 10.0. The summed E-state index contributed by atoms with van der Waals surface area (Å²) in [4.78, 5) is 0. The number of hydrogen-bond donors (Lipinski definition) is 1. The fourth-order valence-corrected chi connectivity index (χ4v) is 1.38. The molecule has 0 aliphatic rings. The van der Waals surface area contributed by atoms with E-state index in [1.807, 2.05) is 19.9 Å². The third-order valence-electron chi connectivity index (χ3n) is 2.27. The van der Waals surface area contributed by atoms with Crippen LogP contribution < -0.4 is 5.32 Å². The first-order valence-corrected chi connectivity index (χ1v) is 5.71. The van der Waals surface area contributed by atoms with Crippen LogP contribution in [0.25, 0.3) is 6.08 Å². The summed E-state index contributed by atoms with van der Waals surface area (Å²) in [5.74, 6) is 0. The average Bonchev–Trinajstić information content (AvgIpc) is 2.30. The van der Waals surface area contributed by atoms with Crippen molar-refractivity contribution in [1.29, 1.82) is 0 Å². The molecule has 1 aromatic carbocycles. The van der Waals surface area contributed by atoms with Gasteiger partial charge >= 0.3 is 0 Å². The van der Waals surface area contributed by atoms with Crippen LogP contribution >= 0.6 is 0 Å². The van der Waals surface area contributed by atoms with E-state index in [9.17, 15) is 0 Å². The summed E-state index contributed by atoms with van der Waals surface area (Å²) < 4.78 is 0. The maximum absolute atomic E-state index is 3.79. The highest BCUT2D eigenvalue weighted by molar-refractivity contribution is 5.53. The van der Waals surface area contributed by atoms with Gasteiger partial charge in [0.2, 0.25) is 0 Å². The van der Waals surface area contributed by atoms with Crippen molar-refractivity contribution < 1.29 is 0 Å². The predicted octanol–water partition coefficient (Wildman–Crippen LogP) is 3.77. The molecule has 0 spiro atoms. The molecule has 0 unspecified atom stereocenters. The lowest BCUT2D eigenvalue weighted by Gasteiger charge is -2.08. The molecule has 0 atom stereocenters. The SMILES string of the molecule is C=Cc1cccc(CNCC)c1C.CC. The molecule has 0 aliphatic carbocycles. The first-order valence-electron chi connectivity index (χ1n) is 5.71. The van der Waals surface area contributed by atoms with Gasteiger partial charge in [-0.25, -0.2) is 0 Å². The molecule has 0 aliphatic heterocycles. The van der Waals surface area contributed by atoms with Gasteiger partial charge < -0.3 is 5.32 Å². The summed E-state index contributed by atoms with van der Waals surface area (Å²) in [6, 6.07) is 6.33. The molecule has 15 heavy (non-hydrogen) atoms. The van der Waals surface area contributed by atoms with E-state index in [0.29, 0.717) is 0 Å². The second-order valence-electron chi connectivity index (χ2n) is 3.12. The molecule has 0 saturated carbocycles. The van der Waals surface area contributed by atoms with Crippen LogP contribution in [0.4, 0.5) is 0 Å². The van der Waals surface area contributed by atoms with Crippen molar-refractivity contribution in [3.8, 4) is 0 Å². The minimum absolute atomic E-state index is 0.948. The van der Waals surface area contributed by atoms with Crippen molar-refractivity contribution in [3.05, 3.63) is 41.5 Å². The van der Waals surface area contributed by atoms with Crippen LogP contribution in [-0.2, 0) is 6.54 Å². The first-order chi connectivity index (χ1) is 7.29. The molecule has 1 heteroatoms. The molecular weight excluding hydrogens is 182 g/mol. The Kier molecular flexibility index (Phi) is 7.65. The van der Waals surface area contributed by atoms with Crippen LogP contribution in [0.15, 0.2) is 24.8 Å². The summed E-state index contributed by atoms with van der Waals surface area (Å²) >= 11 is 0. The monoisotopic (exact) mass is 205 g/mol. The summed E-state index contributed by atoms with van der Waals surface area (Å²) in [6.45, 7) is 14.0. The van der Waals surface area contributed by atoms with E-state index in [1.54, 1.807) is 0 Å². The Morgan fingerprint density at radius 2 is 2.00 bits per heavy atom. The fraction of sp³-hybridized carbons (Fsp3) is 0.429. The van der Waals surface area contributed by atoms with Gasteiger partial charge in [0.05, 0.1) is 0 Å². The summed E-state index contributed by atoms with van der Waals surface area (Å²) in [6.07, 6.45) is 1.91. The fourth-order valence-electron chi connectivity index (χ4n) is 1.38. The van der Waals surface area contributed by atoms with E-state index < -0.39 is 0 Å². The highest BCUT2D eigenvalue weighted by Gasteiger charge is 1.99. The highest BCUT2D eigenvalue weighted by Crippen LogP contribution is 2.14. The largest absolute Gasteiger partial charge is 0.313 e. The van der Waals surface area contributed by atoms with Crippen LogP contribution in [0.2, 0.25) is 0 Å². The summed E-state index contributed by atoms with van der Waals surface area (Å²) in [7, 11) is 0. The summed E-state index contributed by atoms with van der Waals surface area (Å²) in [5.41, 5.74) is 3.92. The molecule has 1 N–H and O–H groups in total. The Balaban J connectivity index is 0.000000921. The first kappa shape index (κ1) is 13.9. The normalized spacial score (nSPS) is 9.07. The van der Waals surface area contributed by atoms with E-state index >= 15 is 0 Å².